The van der Waals surface area contributed by atoms with E-state index in [1.54, 1.807) is 23.5 Å². The summed E-state index contributed by atoms with van der Waals surface area (Å²) < 4.78 is 16.3. The summed E-state index contributed by atoms with van der Waals surface area (Å²) >= 11 is 5.83. The second kappa shape index (κ2) is 9.74. The Kier molecular flexibility index (Phi) is 6.80. The SMILES string of the molecule is COCCN(CCOC)Cn1nc2n(-c3ccc(C)cc3)c(=O)c3ccccc3n2c1=S. The van der Waals surface area contributed by atoms with Gasteiger partial charge in [-0.15, -0.1) is 5.10 Å². The molecule has 2 aromatic carbocycles. The summed E-state index contributed by atoms with van der Waals surface area (Å²) in [5, 5.41) is 5.38. The first-order valence-electron chi connectivity index (χ1n) is 10.5. The lowest BCUT2D eigenvalue weighted by Crippen LogP contribution is -2.33. The average molecular weight is 454 g/mol. The third kappa shape index (κ3) is 4.24. The minimum Gasteiger partial charge on any atom is -0.383 e. The predicted molar refractivity (Wildman–Crippen MR) is 127 cm³/mol. The van der Waals surface area contributed by atoms with E-state index in [9.17, 15) is 4.79 Å². The van der Waals surface area contributed by atoms with Gasteiger partial charge in [-0.25, -0.2) is 9.25 Å². The first kappa shape index (κ1) is 22.3. The fourth-order valence-corrected chi connectivity index (χ4v) is 3.99. The highest BCUT2D eigenvalue weighted by Gasteiger charge is 2.18. The Bertz CT molecular complexity index is 1330. The Labute approximate surface area is 191 Å². The molecule has 0 amide bonds. The lowest BCUT2D eigenvalue weighted by molar-refractivity contribution is 0.0924. The van der Waals surface area contributed by atoms with Crippen LogP contribution in [0.1, 0.15) is 5.56 Å². The molecule has 0 N–H and O–H groups in total. The van der Waals surface area contributed by atoms with Crippen LogP contribution in [0, 0.1) is 11.7 Å². The van der Waals surface area contributed by atoms with Crippen LogP contribution in [0.5, 0.6) is 0 Å². The predicted octanol–water partition coefficient (Wildman–Crippen LogP) is 3.03. The van der Waals surface area contributed by atoms with Crippen molar-refractivity contribution in [2.24, 2.45) is 0 Å². The van der Waals surface area contributed by atoms with Gasteiger partial charge < -0.3 is 9.47 Å². The first-order valence-corrected chi connectivity index (χ1v) is 10.9. The Balaban J connectivity index is 1.92. The van der Waals surface area contributed by atoms with Crippen LogP contribution in [-0.4, -0.2) is 64.2 Å². The zero-order valence-electron chi connectivity index (χ0n) is 18.5. The highest BCUT2D eigenvalue weighted by atomic mass is 32.1. The van der Waals surface area contributed by atoms with Crippen molar-refractivity contribution in [1.82, 2.24) is 23.6 Å². The Morgan fingerprint density at radius 1 is 1.00 bits per heavy atom. The number of aromatic nitrogens is 4. The summed E-state index contributed by atoms with van der Waals surface area (Å²) in [6.07, 6.45) is 0. The number of hydrogen-bond donors (Lipinski definition) is 0. The standard InChI is InChI=1S/C23H27N5O3S/c1-17-8-10-18(11-9-17)27-21(29)19-6-4-5-7-20(19)28-22(27)24-26(23(28)32)16-25(12-14-30-2)13-15-31-3/h4-11H,12-16H2,1-3H3. The van der Waals surface area contributed by atoms with E-state index in [-0.39, 0.29) is 5.56 Å². The van der Waals surface area contributed by atoms with Gasteiger partial charge in [-0.1, -0.05) is 29.8 Å². The Morgan fingerprint density at radius 3 is 2.31 bits per heavy atom. The number of ether oxygens (including phenoxy) is 2. The zero-order valence-corrected chi connectivity index (χ0v) is 19.3. The largest absolute Gasteiger partial charge is 0.383 e. The van der Waals surface area contributed by atoms with Crippen molar-refractivity contribution in [2.45, 2.75) is 13.6 Å². The van der Waals surface area contributed by atoms with Crippen molar-refractivity contribution in [3.63, 3.8) is 0 Å². The molecule has 0 unspecified atom stereocenters. The van der Waals surface area contributed by atoms with E-state index in [4.69, 9.17) is 26.8 Å². The lowest BCUT2D eigenvalue weighted by Gasteiger charge is -2.21. The van der Waals surface area contributed by atoms with Crippen molar-refractivity contribution in [3.8, 4) is 5.69 Å². The normalized spacial score (nSPS) is 11.8. The van der Waals surface area contributed by atoms with Crippen LogP contribution in [0.3, 0.4) is 0 Å². The highest BCUT2D eigenvalue weighted by Crippen LogP contribution is 2.18. The molecule has 0 aliphatic carbocycles. The molecular formula is C23H27N5O3S. The summed E-state index contributed by atoms with van der Waals surface area (Å²) in [4.78, 5) is 15.6. The molecule has 0 spiro atoms. The van der Waals surface area contributed by atoms with Gasteiger partial charge in [-0.05, 0) is 43.4 Å². The molecule has 8 nitrogen and oxygen atoms in total. The third-order valence-electron chi connectivity index (χ3n) is 5.45. The van der Waals surface area contributed by atoms with Crippen molar-refractivity contribution in [3.05, 3.63) is 69.2 Å². The van der Waals surface area contributed by atoms with Gasteiger partial charge in [0.25, 0.3) is 5.56 Å². The topological polar surface area (TPSA) is 65.9 Å². The monoisotopic (exact) mass is 453 g/mol. The number of nitrogens with zero attached hydrogens (tertiary/aromatic N) is 5. The minimum atomic E-state index is -0.125. The number of hydrogen-bond acceptors (Lipinski definition) is 6. The molecule has 2 heterocycles. The van der Waals surface area contributed by atoms with Crippen LogP contribution in [-0.2, 0) is 16.1 Å². The fraction of sp³-hybridized carbons (Fsp3) is 0.348. The van der Waals surface area contributed by atoms with E-state index in [1.165, 1.54) is 0 Å². The van der Waals surface area contributed by atoms with E-state index in [2.05, 4.69) is 4.90 Å². The molecule has 0 saturated carbocycles. The number of rotatable bonds is 9. The van der Waals surface area contributed by atoms with Crippen molar-refractivity contribution in [1.29, 1.82) is 0 Å². The van der Waals surface area contributed by atoms with Crippen LogP contribution in [0.4, 0.5) is 0 Å². The number of fused-ring (bicyclic) bond motifs is 3. The number of aryl methyl sites for hydroxylation is 1. The highest BCUT2D eigenvalue weighted by molar-refractivity contribution is 7.71. The molecule has 0 saturated heterocycles. The minimum absolute atomic E-state index is 0.125. The van der Waals surface area contributed by atoms with E-state index in [1.807, 2.05) is 59.9 Å². The summed E-state index contributed by atoms with van der Waals surface area (Å²) in [7, 11) is 3.36. The van der Waals surface area contributed by atoms with Gasteiger partial charge in [-0.3, -0.25) is 14.1 Å². The van der Waals surface area contributed by atoms with Crippen LogP contribution in [0.25, 0.3) is 22.4 Å². The van der Waals surface area contributed by atoms with Gasteiger partial charge in [0.2, 0.25) is 10.5 Å². The molecule has 4 rings (SSSR count). The number of para-hydroxylation sites is 1. The van der Waals surface area contributed by atoms with Crippen LogP contribution in [0.2, 0.25) is 0 Å². The van der Waals surface area contributed by atoms with E-state index >= 15 is 0 Å². The molecular weight excluding hydrogens is 426 g/mol. The second-order valence-electron chi connectivity index (χ2n) is 7.66. The van der Waals surface area contributed by atoms with Gasteiger partial charge >= 0.3 is 0 Å². The summed E-state index contributed by atoms with van der Waals surface area (Å²) in [5.74, 6) is 0.487. The third-order valence-corrected chi connectivity index (χ3v) is 5.84. The second-order valence-corrected chi connectivity index (χ2v) is 8.02. The van der Waals surface area contributed by atoms with Crippen LogP contribution in [0.15, 0.2) is 53.3 Å². The molecule has 0 atom stereocenters. The maximum atomic E-state index is 13.5. The van der Waals surface area contributed by atoms with Crippen molar-refractivity contribution < 1.29 is 9.47 Å². The van der Waals surface area contributed by atoms with Gasteiger partial charge in [0.05, 0.1) is 36.5 Å². The van der Waals surface area contributed by atoms with Gasteiger partial charge in [0.15, 0.2) is 0 Å². The summed E-state index contributed by atoms with van der Waals surface area (Å²) in [6, 6.07) is 15.3. The maximum absolute atomic E-state index is 13.5. The van der Waals surface area contributed by atoms with Crippen molar-refractivity contribution >= 4 is 28.9 Å². The van der Waals surface area contributed by atoms with Crippen LogP contribution < -0.4 is 5.56 Å². The lowest BCUT2D eigenvalue weighted by atomic mass is 10.2. The molecule has 0 fully saturated rings. The molecule has 2 aromatic heterocycles. The molecule has 0 aliphatic heterocycles. The van der Waals surface area contributed by atoms with Crippen molar-refractivity contribution in [2.75, 3.05) is 40.5 Å². The number of benzene rings is 2. The van der Waals surface area contributed by atoms with E-state index in [0.29, 0.717) is 48.9 Å². The summed E-state index contributed by atoms with van der Waals surface area (Å²) in [6.45, 7) is 5.07. The fourth-order valence-electron chi connectivity index (χ4n) is 3.71. The average Bonchev–Trinajstić information content (AvgIpc) is 3.12. The Morgan fingerprint density at radius 2 is 1.66 bits per heavy atom. The molecule has 0 bridgehead atoms. The van der Waals surface area contributed by atoms with E-state index < -0.39 is 0 Å². The van der Waals surface area contributed by atoms with Gasteiger partial charge in [0, 0.05) is 27.3 Å². The molecule has 9 heteroatoms. The molecule has 168 valence electrons. The van der Waals surface area contributed by atoms with Gasteiger partial charge in [-0.2, -0.15) is 0 Å². The smallest absolute Gasteiger partial charge is 0.267 e. The molecule has 0 radical (unpaired) electrons. The van der Waals surface area contributed by atoms with E-state index in [0.717, 1.165) is 16.8 Å². The first-order chi connectivity index (χ1) is 15.5. The summed E-state index contributed by atoms with van der Waals surface area (Å²) in [5.41, 5.74) is 2.49. The molecule has 4 aromatic rings. The number of methoxy groups -OCH3 is 2. The Hall–Kier alpha value is -2.85. The van der Waals surface area contributed by atoms with Crippen LogP contribution >= 0.6 is 12.2 Å². The quantitative estimate of drug-likeness (QED) is 0.363. The zero-order chi connectivity index (χ0) is 22.7. The molecule has 0 aliphatic rings. The molecule has 32 heavy (non-hydrogen) atoms. The maximum Gasteiger partial charge on any atom is 0.267 e. The van der Waals surface area contributed by atoms with Gasteiger partial charge in [0.1, 0.15) is 0 Å².